The molecule has 10 nitrogen and oxygen atoms in total. The van der Waals surface area contributed by atoms with Crippen molar-refractivity contribution in [3.05, 3.63) is 33.7 Å². The Balaban J connectivity index is 0.00000363. The summed E-state index contributed by atoms with van der Waals surface area (Å²) < 4.78 is 32.0. The zero-order valence-electron chi connectivity index (χ0n) is 18.2. The summed E-state index contributed by atoms with van der Waals surface area (Å²) in [5, 5.41) is 12.5. The molecule has 1 radical (unpaired) electrons. The largest absolute Gasteiger partial charge is 0.477 e. The van der Waals surface area contributed by atoms with Gasteiger partial charge in [0.05, 0.1) is 10.5 Å². The first-order valence-electron chi connectivity index (χ1n) is 9.31. The van der Waals surface area contributed by atoms with Crippen LogP contribution in [0, 0.1) is 0 Å². The Morgan fingerprint density at radius 2 is 2.28 bits per heavy atom. The Morgan fingerprint density at radius 1 is 1.52 bits per heavy atom. The number of thioether (sulfide) groups is 1. The van der Waals surface area contributed by atoms with Crippen LogP contribution in [0.2, 0.25) is 0 Å². The van der Waals surface area contributed by atoms with Gasteiger partial charge in [-0.05, 0) is 11.4 Å². The molecule has 3 heterocycles. The number of carbonyl (C=O) groups is 4. The van der Waals surface area contributed by atoms with E-state index in [2.05, 4.69) is 10.1 Å². The number of primary amides is 1. The van der Waals surface area contributed by atoms with Gasteiger partial charge in [0.15, 0.2) is 0 Å². The minimum Gasteiger partial charge on any atom is -0.477 e. The molecule has 0 unspecified atom stereocenters. The predicted octanol–water partition coefficient (Wildman–Crippen LogP) is -0.282. The summed E-state index contributed by atoms with van der Waals surface area (Å²) in [7, 11) is -3.05. The van der Waals surface area contributed by atoms with Crippen molar-refractivity contribution >= 4 is 76.5 Å². The molecule has 0 aliphatic carbocycles. The van der Waals surface area contributed by atoms with Gasteiger partial charge in [-0.15, -0.1) is 23.1 Å². The number of fused-ring (bicyclic) bond motifs is 1. The van der Waals surface area contributed by atoms with Crippen LogP contribution in [0.3, 0.4) is 0 Å². The maximum absolute atomic E-state index is 13.0. The maximum Gasteiger partial charge on any atom is 0.404 e. The van der Waals surface area contributed by atoms with Crippen LogP contribution >= 0.6 is 23.1 Å². The fraction of sp³-hybridized carbons (Fsp3) is 0.375. The Morgan fingerprint density at radius 3 is 2.86 bits per heavy atom. The maximum atomic E-state index is 13.0. The first-order chi connectivity index (χ1) is 14.4. The molecule has 0 bridgehead atoms. The molecule has 13 heteroatoms. The summed E-state index contributed by atoms with van der Waals surface area (Å²) in [6.07, 6.45) is -1.24. The predicted molar refractivity (Wildman–Crippen MR) is 105 cm³/mol. The van der Waals surface area contributed by atoms with E-state index >= 15 is 0 Å². The average Bonchev–Trinajstić information content (AvgIpc) is 3.16. The van der Waals surface area contributed by atoms with Gasteiger partial charge < -0.3 is 25.6 Å². The number of hydrogen-bond acceptors (Lipinski definition) is 8. The number of rotatable bonds is 7. The molecule has 1 aromatic rings. The van der Waals surface area contributed by atoms with Gasteiger partial charge in [0.2, 0.25) is 5.91 Å². The van der Waals surface area contributed by atoms with Crippen molar-refractivity contribution in [1.82, 2.24) is 10.2 Å². The summed E-state index contributed by atoms with van der Waals surface area (Å²) >= 11 is 2.26. The van der Waals surface area contributed by atoms with E-state index in [1.54, 1.807) is 17.5 Å². The van der Waals surface area contributed by atoms with E-state index in [-0.39, 0.29) is 47.3 Å². The fourth-order valence-electron chi connectivity index (χ4n) is 2.92. The quantitative estimate of drug-likeness (QED) is 0.290. The molecule has 4 N–H and O–H groups in total. The van der Waals surface area contributed by atoms with Gasteiger partial charge in [-0.2, -0.15) is 0 Å². The number of ether oxygens (including phenoxy) is 2. The van der Waals surface area contributed by atoms with E-state index in [0.717, 1.165) is 16.7 Å². The number of nitrogens with two attached hydrogens (primary N) is 1. The first kappa shape index (κ1) is 19.4. The SMILES string of the molecule is [2H]C([2H])([2H])O[C@@]1(NC(=O)Cc2cccs2)C(=O)N2C(C(=O)O)=C(COC(N)=O)CS[C@@H]21.[Na]. The molecule has 0 spiro atoms. The number of thiophene rings is 1. The number of carbonyl (C=O) groups excluding carboxylic acids is 3. The fourth-order valence-corrected chi connectivity index (χ4v) is 4.99. The summed E-state index contributed by atoms with van der Waals surface area (Å²) in [5.74, 6) is -3.25. The van der Waals surface area contributed by atoms with E-state index in [4.69, 9.17) is 14.6 Å². The van der Waals surface area contributed by atoms with Crippen molar-refractivity contribution in [3.63, 3.8) is 0 Å². The van der Waals surface area contributed by atoms with Crippen LogP contribution in [0.25, 0.3) is 0 Å². The Kier molecular flexibility index (Phi) is 6.35. The number of carboxylic acids is 1. The number of aliphatic carboxylic acids is 1. The Labute approximate surface area is 200 Å². The van der Waals surface area contributed by atoms with Crippen LogP contribution in [-0.2, 0) is 30.3 Å². The molecule has 0 saturated carbocycles. The van der Waals surface area contributed by atoms with Gasteiger partial charge in [-0.3, -0.25) is 14.5 Å². The minimum absolute atomic E-state index is 0. The van der Waals surface area contributed by atoms with Gasteiger partial charge in [0.1, 0.15) is 17.7 Å². The van der Waals surface area contributed by atoms with Crippen LogP contribution in [0.1, 0.15) is 8.99 Å². The van der Waals surface area contributed by atoms with Gasteiger partial charge in [0, 0.05) is 52.8 Å². The molecule has 1 fully saturated rings. The molecule has 3 amide bonds. The van der Waals surface area contributed by atoms with E-state index in [1.807, 2.05) is 0 Å². The average molecular weight is 453 g/mol. The van der Waals surface area contributed by atoms with Crippen LogP contribution < -0.4 is 11.1 Å². The van der Waals surface area contributed by atoms with Gasteiger partial charge >= 0.3 is 12.1 Å². The molecule has 2 atom stereocenters. The normalized spacial score (nSPS) is 24.8. The molecule has 29 heavy (non-hydrogen) atoms. The smallest absolute Gasteiger partial charge is 0.404 e. The zero-order valence-corrected chi connectivity index (χ0v) is 18.8. The molecule has 2 aliphatic rings. The van der Waals surface area contributed by atoms with Crippen molar-refractivity contribution in [2.24, 2.45) is 5.73 Å². The number of methoxy groups -OCH3 is 1. The number of β-lactam (4-membered cyclic amide) rings is 1. The topological polar surface area (TPSA) is 148 Å². The molecule has 2 aliphatic heterocycles. The standard InChI is InChI=1S/C16H17N3O7S2.Na/c1-25-16(18-10(20)5-9-3-2-4-27-9)13(23)19-11(12(21)22)8(6-26-15(17)24)7-28-14(16)19;/h2-4,14H,5-7H2,1H3,(H2,17,24)(H,18,20)(H,21,22);/t14-,16+;/m1./s1/i1D3;. The van der Waals surface area contributed by atoms with E-state index in [1.165, 1.54) is 11.3 Å². The molecule has 0 aromatic carbocycles. The summed E-state index contributed by atoms with van der Waals surface area (Å²) in [6, 6.07) is 3.43. The minimum atomic E-state index is -3.05. The van der Waals surface area contributed by atoms with Gasteiger partial charge in [-0.25, -0.2) is 9.59 Å². The Bertz CT molecular complexity index is 957. The number of nitrogens with zero attached hydrogens (tertiary/aromatic N) is 1. The number of amides is 3. The van der Waals surface area contributed by atoms with Crippen LogP contribution in [0.5, 0.6) is 0 Å². The van der Waals surface area contributed by atoms with Crippen molar-refractivity contribution in [1.29, 1.82) is 0 Å². The number of hydrogen-bond donors (Lipinski definition) is 3. The van der Waals surface area contributed by atoms with Crippen molar-refractivity contribution < 1.29 is 37.9 Å². The van der Waals surface area contributed by atoms with E-state index < -0.39 is 54.3 Å². The first-order valence-corrected chi connectivity index (χ1v) is 9.74. The third-order valence-corrected chi connectivity index (χ3v) is 6.35. The molecular weight excluding hydrogens is 433 g/mol. The third-order valence-electron chi connectivity index (χ3n) is 4.10. The Hall–Kier alpha value is -1.57. The zero-order chi connectivity index (χ0) is 23.0. The molecule has 151 valence electrons. The van der Waals surface area contributed by atoms with Crippen molar-refractivity contribution in [3.8, 4) is 0 Å². The second-order valence-electron chi connectivity index (χ2n) is 5.85. The number of carboxylic acid groups (broad SMARTS) is 1. The van der Waals surface area contributed by atoms with E-state index in [0.29, 0.717) is 4.88 Å². The molecule has 1 saturated heterocycles. The van der Waals surface area contributed by atoms with Crippen LogP contribution in [0.4, 0.5) is 4.79 Å². The summed E-state index contributed by atoms with van der Waals surface area (Å²) in [5.41, 5.74) is 2.24. The van der Waals surface area contributed by atoms with Gasteiger partial charge in [-0.1, -0.05) is 6.07 Å². The molecule has 3 rings (SSSR count). The van der Waals surface area contributed by atoms with Crippen molar-refractivity contribution in [2.75, 3.05) is 19.4 Å². The molecular formula is C16H17N3NaO7S2. The van der Waals surface area contributed by atoms with Crippen molar-refractivity contribution in [2.45, 2.75) is 17.5 Å². The van der Waals surface area contributed by atoms with Crippen LogP contribution in [-0.4, -0.2) is 93.9 Å². The number of nitrogens with one attached hydrogen (secondary N) is 1. The van der Waals surface area contributed by atoms with E-state index in [9.17, 15) is 24.3 Å². The van der Waals surface area contributed by atoms with Crippen LogP contribution in [0.15, 0.2) is 28.8 Å². The molecule has 1 aromatic heterocycles. The summed E-state index contributed by atoms with van der Waals surface area (Å²) in [6.45, 7) is -0.460. The second kappa shape index (κ2) is 9.49. The van der Waals surface area contributed by atoms with Gasteiger partial charge in [0.25, 0.3) is 11.6 Å². The third kappa shape index (κ3) is 4.47. The second-order valence-corrected chi connectivity index (χ2v) is 7.95. The summed E-state index contributed by atoms with van der Waals surface area (Å²) in [4.78, 5) is 49.7. The monoisotopic (exact) mass is 453 g/mol.